The van der Waals surface area contributed by atoms with Gasteiger partial charge < -0.3 is 18.9 Å². The van der Waals surface area contributed by atoms with Gasteiger partial charge in [-0.3, -0.25) is 9.59 Å². The number of amides is 1. The summed E-state index contributed by atoms with van der Waals surface area (Å²) in [5.41, 5.74) is 2.91. The minimum atomic E-state index is -0.420. The van der Waals surface area contributed by atoms with Crippen molar-refractivity contribution in [2.24, 2.45) is 0 Å². The Hall–Kier alpha value is -2.60. The van der Waals surface area contributed by atoms with Crippen LogP contribution in [0.2, 0.25) is 0 Å². The number of aromatic nitrogens is 1. The molecule has 1 saturated carbocycles. The lowest BCUT2D eigenvalue weighted by molar-refractivity contribution is -0.0946. The SMILES string of the molecule is COc1cccc2c1C1(CCN(C(=O)c3c(C)ccn(C4CC4)c3=O)CC1)OCC2. The maximum absolute atomic E-state index is 13.3. The predicted molar refractivity (Wildman–Crippen MR) is 113 cm³/mol. The van der Waals surface area contributed by atoms with Crippen molar-refractivity contribution in [1.29, 1.82) is 0 Å². The monoisotopic (exact) mass is 408 g/mol. The molecule has 2 fully saturated rings. The van der Waals surface area contributed by atoms with E-state index in [4.69, 9.17) is 9.47 Å². The molecular formula is C24H28N2O4. The first-order valence-corrected chi connectivity index (χ1v) is 10.9. The fourth-order valence-corrected chi connectivity index (χ4v) is 5.07. The molecule has 30 heavy (non-hydrogen) atoms. The number of methoxy groups -OCH3 is 1. The third-order valence-electron chi connectivity index (χ3n) is 6.88. The van der Waals surface area contributed by atoms with Crippen molar-refractivity contribution in [3.8, 4) is 5.75 Å². The van der Waals surface area contributed by atoms with Gasteiger partial charge in [-0.05, 0) is 62.3 Å². The number of hydrogen-bond donors (Lipinski definition) is 0. The molecule has 1 spiro atoms. The normalized spacial score (nSPS) is 20.1. The molecule has 3 aliphatic rings. The highest BCUT2D eigenvalue weighted by Gasteiger charge is 2.44. The summed E-state index contributed by atoms with van der Waals surface area (Å²) in [5.74, 6) is 0.705. The molecule has 1 aromatic heterocycles. The minimum absolute atomic E-state index is 0.149. The number of ether oxygens (including phenoxy) is 2. The van der Waals surface area contributed by atoms with Gasteiger partial charge in [0.05, 0.1) is 13.7 Å². The van der Waals surface area contributed by atoms with E-state index in [-0.39, 0.29) is 17.5 Å². The van der Waals surface area contributed by atoms with Crippen molar-refractivity contribution in [2.75, 3.05) is 26.8 Å². The number of carbonyl (C=O) groups excluding carboxylic acids is 1. The number of fused-ring (bicyclic) bond motifs is 2. The molecule has 5 rings (SSSR count). The quantitative estimate of drug-likeness (QED) is 0.783. The molecule has 0 bridgehead atoms. The Kier molecular flexibility index (Phi) is 4.69. The molecule has 3 heterocycles. The molecule has 1 aromatic carbocycles. The number of piperidine rings is 1. The third kappa shape index (κ3) is 3.05. The highest BCUT2D eigenvalue weighted by molar-refractivity contribution is 5.95. The molecule has 158 valence electrons. The van der Waals surface area contributed by atoms with E-state index >= 15 is 0 Å². The topological polar surface area (TPSA) is 60.8 Å². The van der Waals surface area contributed by atoms with Crippen LogP contribution in [0.25, 0.3) is 0 Å². The van der Waals surface area contributed by atoms with E-state index < -0.39 is 5.60 Å². The predicted octanol–water partition coefficient (Wildman–Crippen LogP) is 3.20. The van der Waals surface area contributed by atoms with Crippen LogP contribution in [0.3, 0.4) is 0 Å². The van der Waals surface area contributed by atoms with Crippen LogP contribution >= 0.6 is 0 Å². The van der Waals surface area contributed by atoms with E-state index in [0.29, 0.717) is 38.1 Å². The maximum Gasteiger partial charge on any atom is 0.263 e. The van der Waals surface area contributed by atoms with Crippen LogP contribution in [0.15, 0.2) is 35.3 Å². The number of aryl methyl sites for hydroxylation is 1. The summed E-state index contributed by atoms with van der Waals surface area (Å²) in [6, 6.07) is 8.31. The van der Waals surface area contributed by atoms with Gasteiger partial charge in [-0.2, -0.15) is 0 Å². The van der Waals surface area contributed by atoms with Crippen LogP contribution in [-0.4, -0.2) is 42.2 Å². The summed E-state index contributed by atoms with van der Waals surface area (Å²) < 4.78 is 13.7. The molecule has 1 aliphatic carbocycles. The highest BCUT2D eigenvalue weighted by atomic mass is 16.5. The van der Waals surface area contributed by atoms with Crippen molar-refractivity contribution in [3.05, 3.63) is 63.1 Å². The molecule has 1 saturated heterocycles. The lowest BCUT2D eigenvalue weighted by Crippen LogP contribution is -2.49. The molecule has 2 aromatic rings. The smallest absolute Gasteiger partial charge is 0.263 e. The van der Waals surface area contributed by atoms with Crippen LogP contribution in [0.5, 0.6) is 5.75 Å². The third-order valence-corrected chi connectivity index (χ3v) is 6.88. The number of pyridine rings is 1. The molecular weight excluding hydrogens is 380 g/mol. The fraction of sp³-hybridized carbons (Fsp3) is 0.500. The molecule has 1 amide bonds. The van der Waals surface area contributed by atoms with Gasteiger partial charge in [-0.25, -0.2) is 0 Å². The van der Waals surface area contributed by atoms with Gasteiger partial charge in [0.15, 0.2) is 0 Å². The highest BCUT2D eigenvalue weighted by Crippen LogP contribution is 2.46. The van der Waals surface area contributed by atoms with E-state index in [0.717, 1.165) is 36.1 Å². The van der Waals surface area contributed by atoms with Gasteiger partial charge >= 0.3 is 0 Å². The Morgan fingerprint density at radius 2 is 1.97 bits per heavy atom. The Labute approximate surface area is 176 Å². The van der Waals surface area contributed by atoms with Crippen molar-refractivity contribution in [3.63, 3.8) is 0 Å². The van der Waals surface area contributed by atoms with Crippen LogP contribution in [0, 0.1) is 6.92 Å². The van der Waals surface area contributed by atoms with Crippen LogP contribution in [0.4, 0.5) is 0 Å². The zero-order valence-corrected chi connectivity index (χ0v) is 17.6. The van der Waals surface area contributed by atoms with Crippen molar-refractivity contribution in [1.82, 2.24) is 9.47 Å². The lowest BCUT2D eigenvalue weighted by atomic mass is 9.78. The van der Waals surface area contributed by atoms with Crippen molar-refractivity contribution in [2.45, 2.75) is 50.7 Å². The standard InChI is InChI=1S/C24H28N2O4/c1-16-8-12-26(18-6-7-18)23(28)20(16)22(27)25-13-10-24(11-14-25)21-17(9-15-30-24)4-3-5-19(21)29-2/h3-5,8,12,18H,6-7,9-11,13-15H2,1-2H3. The number of hydrogen-bond acceptors (Lipinski definition) is 4. The van der Waals surface area contributed by atoms with Crippen molar-refractivity contribution >= 4 is 5.91 Å². The first-order chi connectivity index (χ1) is 14.5. The second-order valence-electron chi connectivity index (χ2n) is 8.70. The van der Waals surface area contributed by atoms with E-state index in [9.17, 15) is 9.59 Å². The number of benzene rings is 1. The van der Waals surface area contributed by atoms with Crippen LogP contribution in [0.1, 0.15) is 58.8 Å². The molecule has 0 unspecified atom stereocenters. The zero-order chi connectivity index (χ0) is 20.9. The molecule has 0 atom stereocenters. The van der Waals surface area contributed by atoms with Gasteiger partial charge in [0.1, 0.15) is 16.9 Å². The molecule has 2 aliphatic heterocycles. The molecule has 0 N–H and O–H groups in total. The van der Waals surface area contributed by atoms with E-state index in [2.05, 4.69) is 6.07 Å². The number of rotatable bonds is 3. The fourth-order valence-electron chi connectivity index (χ4n) is 5.07. The summed E-state index contributed by atoms with van der Waals surface area (Å²) in [7, 11) is 1.69. The van der Waals surface area contributed by atoms with E-state index in [1.54, 1.807) is 11.7 Å². The van der Waals surface area contributed by atoms with Gasteiger partial charge in [0.2, 0.25) is 0 Å². The number of likely N-dealkylation sites (tertiary alicyclic amines) is 1. The second-order valence-corrected chi connectivity index (χ2v) is 8.70. The van der Waals surface area contributed by atoms with Gasteiger partial charge in [0, 0.05) is 30.9 Å². The zero-order valence-electron chi connectivity index (χ0n) is 17.6. The molecule has 0 radical (unpaired) electrons. The average Bonchev–Trinajstić information content (AvgIpc) is 3.59. The Balaban J connectivity index is 1.41. The van der Waals surface area contributed by atoms with Gasteiger partial charge in [-0.15, -0.1) is 0 Å². The largest absolute Gasteiger partial charge is 0.496 e. The maximum atomic E-state index is 13.3. The lowest BCUT2D eigenvalue weighted by Gasteiger charge is -2.45. The molecule has 6 heteroatoms. The average molecular weight is 408 g/mol. The van der Waals surface area contributed by atoms with E-state index in [1.165, 1.54) is 5.56 Å². The van der Waals surface area contributed by atoms with E-state index in [1.807, 2.05) is 36.2 Å². The van der Waals surface area contributed by atoms with Gasteiger partial charge in [-0.1, -0.05) is 12.1 Å². The number of carbonyl (C=O) groups is 1. The number of nitrogens with zero attached hydrogens (tertiary/aromatic N) is 2. The Morgan fingerprint density at radius 1 is 1.20 bits per heavy atom. The van der Waals surface area contributed by atoms with Gasteiger partial charge in [0.25, 0.3) is 11.5 Å². The summed E-state index contributed by atoms with van der Waals surface area (Å²) >= 11 is 0. The Bertz CT molecular complexity index is 1030. The van der Waals surface area contributed by atoms with Crippen molar-refractivity contribution < 1.29 is 14.3 Å². The Morgan fingerprint density at radius 3 is 2.67 bits per heavy atom. The van der Waals surface area contributed by atoms with Crippen LogP contribution < -0.4 is 10.3 Å². The molecule has 6 nitrogen and oxygen atoms in total. The second kappa shape index (κ2) is 7.27. The van der Waals surface area contributed by atoms with Crippen LogP contribution in [-0.2, 0) is 16.8 Å². The first-order valence-electron chi connectivity index (χ1n) is 10.9. The summed E-state index contributed by atoms with van der Waals surface area (Å²) in [5, 5.41) is 0. The summed E-state index contributed by atoms with van der Waals surface area (Å²) in [6.07, 6.45) is 6.14. The first kappa shape index (κ1) is 19.4. The minimum Gasteiger partial charge on any atom is -0.496 e. The summed E-state index contributed by atoms with van der Waals surface area (Å²) in [6.45, 7) is 3.65. The summed E-state index contributed by atoms with van der Waals surface area (Å²) in [4.78, 5) is 28.1.